The highest BCUT2D eigenvalue weighted by molar-refractivity contribution is 7.71. The molecule has 0 bridgehead atoms. The molecule has 0 amide bonds. The Morgan fingerprint density at radius 1 is 1.29 bits per heavy atom. The van der Waals surface area contributed by atoms with E-state index in [0.29, 0.717) is 10.2 Å². The third-order valence-electron chi connectivity index (χ3n) is 4.17. The Balaban J connectivity index is 2.01. The number of benzene rings is 1. The molecule has 0 spiro atoms. The molecule has 106 valence electrons. The van der Waals surface area contributed by atoms with Crippen molar-refractivity contribution in [3.63, 3.8) is 0 Å². The van der Waals surface area contributed by atoms with Crippen molar-refractivity contribution in [2.24, 2.45) is 0 Å². The second-order valence-electron chi connectivity index (χ2n) is 5.36. The summed E-state index contributed by atoms with van der Waals surface area (Å²) in [5.41, 5.74) is 2.09. The average Bonchev–Trinajstić information content (AvgIpc) is 2.96. The number of aromatic nitrogens is 2. The Hall–Kier alpha value is -1.72. The lowest BCUT2D eigenvalue weighted by Crippen LogP contribution is -2.29. The highest BCUT2D eigenvalue weighted by Gasteiger charge is 2.24. The summed E-state index contributed by atoms with van der Waals surface area (Å²) in [4.78, 5) is 17.5. The first-order chi connectivity index (χ1) is 10.3. The molecule has 1 atom stereocenters. The minimum Gasteiger partial charge on any atom is -0.332 e. The van der Waals surface area contributed by atoms with Gasteiger partial charge in [-0.05, 0) is 60.6 Å². The topological polar surface area (TPSA) is 37.8 Å². The van der Waals surface area contributed by atoms with E-state index in [9.17, 15) is 4.79 Å². The normalized spacial score (nSPS) is 17.8. The lowest BCUT2D eigenvalue weighted by atomic mass is 9.94. The monoisotopic (exact) mass is 314 g/mol. The van der Waals surface area contributed by atoms with Crippen molar-refractivity contribution < 1.29 is 0 Å². The summed E-state index contributed by atoms with van der Waals surface area (Å²) in [6, 6.07) is 9.77. The van der Waals surface area contributed by atoms with E-state index in [-0.39, 0.29) is 11.6 Å². The number of rotatable bonds is 1. The van der Waals surface area contributed by atoms with Crippen molar-refractivity contribution in [2.45, 2.75) is 25.3 Å². The molecule has 21 heavy (non-hydrogen) atoms. The molecule has 0 saturated heterocycles. The van der Waals surface area contributed by atoms with Gasteiger partial charge in [0.1, 0.15) is 0 Å². The van der Waals surface area contributed by atoms with Crippen LogP contribution in [0.4, 0.5) is 0 Å². The van der Waals surface area contributed by atoms with Crippen LogP contribution in [-0.4, -0.2) is 9.55 Å². The van der Waals surface area contributed by atoms with Gasteiger partial charge in [-0.25, -0.2) is 0 Å². The van der Waals surface area contributed by atoms with Crippen LogP contribution in [0.15, 0.2) is 40.5 Å². The molecule has 0 saturated carbocycles. The molecule has 5 heteroatoms. The maximum Gasteiger partial charge on any atom is 0.262 e. The molecule has 2 heterocycles. The van der Waals surface area contributed by atoms with Crippen LogP contribution in [0.5, 0.6) is 0 Å². The van der Waals surface area contributed by atoms with Crippen LogP contribution < -0.4 is 5.56 Å². The largest absolute Gasteiger partial charge is 0.332 e. The Labute approximate surface area is 130 Å². The van der Waals surface area contributed by atoms with E-state index >= 15 is 0 Å². The Bertz CT molecular complexity index is 935. The van der Waals surface area contributed by atoms with Gasteiger partial charge in [-0.3, -0.25) is 9.36 Å². The second kappa shape index (κ2) is 4.93. The molecule has 1 aliphatic carbocycles. The van der Waals surface area contributed by atoms with Gasteiger partial charge >= 0.3 is 0 Å². The van der Waals surface area contributed by atoms with Gasteiger partial charge in [0.25, 0.3) is 5.56 Å². The smallest absolute Gasteiger partial charge is 0.262 e. The first kappa shape index (κ1) is 13.0. The first-order valence-electron chi connectivity index (χ1n) is 7.05. The second-order valence-corrected chi connectivity index (χ2v) is 6.75. The van der Waals surface area contributed by atoms with E-state index in [1.807, 2.05) is 24.3 Å². The van der Waals surface area contributed by atoms with E-state index in [1.165, 1.54) is 10.4 Å². The third-order valence-corrected chi connectivity index (χ3v) is 5.46. The number of fused-ring (bicyclic) bond motifs is 2. The molecule has 1 unspecified atom stereocenters. The fraction of sp³-hybridized carbons (Fsp3) is 0.250. The summed E-state index contributed by atoms with van der Waals surface area (Å²) < 4.78 is 2.28. The van der Waals surface area contributed by atoms with Gasteiger partial charge in [-0.1, -0.05) is 12.1 Å². The van der Waals surface area contributed by atoms with Gasteiger partial charge in [0.2, 0.25) is 0 Å². The van der Waals surface area contributed by atoms with Gasteiger partial charge in [0.15, 0.2) is 4.77 Å². The lowest BCUT2D eigenvalue weighted by molar-refractivity contribution is 0.475. The van der Waals surface area contributed by atoms with Crippen LogP contribution in [0.3, 0.4) is 0 Å². The van der Waals surface area contributed by atoms with Crippen LogP contribution >= 0.6 is 23.6 Å². The summed E-state index contributed by atoms with van der Waals surface area (Å²) in [5.74, 6) is 0. The number of nitrogens with zero attached hydrogens (tertiary/aromatic N) is 1. The number of hydrogen-bond acceptors (Lipinski definition) is 3. The van der Waals surface area contributed by atoms with Gasteiger partial charge in [0.05, 0.1) is 16.9 Å². The Morgan fingerprint density at radius 3 is 3.05 bits per heavy atom. The number of aromatic amines is 1. The number of aryl methyl sites for hydroxylation is 1. The molecule has 3 aromatic rings. The van der Waals surface area contributed by atoms with Crippen LogP contribution in [0.2, 0.25) is 0 Å². The summed E-state index contributed by atoms with van der Waals surface area (Å²) in [6.45, 7) is 0. The van der Waals surface area contributed by atoms with Crippen LogP contribution in [-0.2, 0) is 6.42 Å². The number of thiophene rings is 1. The van der Waals surface area contributed by atoms with E-state index in [0.717, 1.165) is 24.8 Å². The quantitative estimate of drug-likeness (QED) is 0.688. The van der Waals surface area contributed by atoms with Gasteiger partial charge in [-0.15, -0.1) is 11.3 Å². The van der Waals surface area contributed by atoms with Crippen LogP contribution in [0.1, 0.15) is 29.3 Å². The SMILES string of the molecule is O=c1c2ccccc2[nH]c(=S)n1C1CCCc2sccc21. The van der Waals surface area contributed by atoms with E-state index < -0.39 is 0 Å². The maximum atomic E-state index is 12.9. The highest BCUT2D eigenvalue weighted by Crippen LogP contribution is 2.35. The summed E-state index contributed by atoms with van der Waals surface area (Å²) >= 11 is 7.24. The Morgan fingerprint density at radius 2 is 2.14 bits per heavy atom. The van der Waals surface area contributed by atoms with Crippen molar-refractivity contribution in [3.05, 3.63) is 61.3 Å². The summed E-state index contributed by atoms with van der Waals surface area (Å²) in [5, 5.41) is 2.82. The van der Waals surface area contributed by atoms with Crippen molar-refractivity contribution in [3.8, 4) is 0 Å². The fourth-order valence-electron chi connectivity index (χ4n) is 3.19. The first-order valence-corrected chi connectivity index (χ1v) is 8.34. The van der Waals surface area contributed by atoms with Crippen molar-refractivity contribution in [2.75, 3.05) is 0 Å². The zero-order chi connectivity index (χ0) is 14.4. The maximum absolute atomic E-state index is 12.9. The number of hydrogen-bond donors (Lipinski definition) is 1. The molecule has 0 aliphatic heterocycles. The van der Waals surface area contributed by atoms with E-state index in [2.05, 4.69) is 16.4 Å². The molecule has 4 rings (SSSR count). The molecule has 3 nitrogen and oxygen atoms in total. The predicted octanol–water partition coefficient (Wildman–Crippen LogP) is 4.05. The van der Waals surface area contributed by atoms with Gasteiger partial charge < -0.3 is 4.98 Å². The fourth-order valence-corrected chi connectivity index (χ4v) is 4.49. The van der Waals surface area contributed by atoms with Crippen LogP contribution in [0.25, 0.3) is 10.9 Å². The lowest BCUT2D eigenvalue weighted by Gasteiger charge is -2.25. The number of H-pyrrole nitrogens is 1. The van der Waals surface area contributed by atoms with Gasteiger partial charge in [0, 0.05) is 4.88 Å². The van der Waals surface area contributed by atoms with E-state index in [4.69, 9.17) is 12.2 Å². The van der Waals surface area contributed by atoms with Crippen molar-refractivity contribution in [1.82, 2.24) is 9.55 Å². The third kappa shape index (κ3) is 2.00. The molecule has 0 radical (unpaired) electrons. The molecule has 0 fully saturated rings. The average molecular weight is 314 g/mol. The Kier molecular flexibility index (Phi) is 3.05. The minimum absolute atomic E-state index is 0.0124. The van der Waals surface area contributed by atoms with E-state index in [1.54, 1.807) is 15.9 Å². The molecule has 1 N–H and O–H groups in total. The zero-order valence-electron chi connectivity index (χ0n) is 11.3. The highest BCUT2D eigenvalue weighted by atomic mass is 32.1. The number of nitrogens with one attached hydrogen (secondary N) is 1. The molecular formula is C16H14N2OS2. The van der Waals surface area contributed by atoms with Crippen LogP contribution in [0, 0.1) is 4.77 Å². The number of para-hydroxylation sites is 1. The molecular weight excluding hydrogens is 300 g/mol. The molecule has 1 aliphatic rings. The predicted molar refractivity (Wildman–Crippen MR) is 88.8 cm³/mol. The zero-order valence-corrected chi connectivity index (χ0v) is 13.0. The van der Waals surface area contributed by atoms with Gasteiger partial charge in [-0.2, -0.15) is 0 Å². The molecule has 2 aromatic heterocycles. The summed E-state index contributed by atoms with van der Waals surface area (Å²) in [6.07, 6.45) is 3.19. The molecule has 1 aromatic carbocycles. The van der Waals surface area contributed by atoms with Crippen molar-refractivity contribution >= 4 is 34.5 Å². The minimum atomic E-state index is 0.0124. The standard InChI is InChI=1S/C16H14N2OS2/c19-15-10-4-1-2-5-12(10)17-16(20)18(15)13-6-3-7-14-11(13)8-9-21-14/h1-2,4-5,8-9,13H,3,6-7H2,(H,17,20). The summed E-state index contributed by atoms with van der Waals surface area (Å²) in [7, 11) is 0. The van der Waals surface area contributed by atoms with Crippen molar-refractivity contribution in [1.29, 1.82) is 0 Å².